The molecule has 3 nitrogen and oxygen atoms in total. The third kappa shape index (κ3) is 7.96. The average molecular weight is 303 g/mol. The molecule has 0 radical (unpaired) electrons. The van der Waals surface area contributed by atoms with E-state index in [1.165, 1.54) is 57.8 Å². The monoisotopic (exact) mass is 303 g/mol. The van der Waals surface area contributed by atoms with Crippen LogP contribution in [0.5, 0.6) is 0 Å². The molecule has 3 heteroatoms. The van der Waals surface area contributed by atoms with Crippen molar-refractivity contribution >= 4 is 17.8 Å². The molecule has 0 heterocycles. The number of carbonyl (C=O) groups excluding carboxylic acids is 2. The van der Waals surface area contributed by atoms with Gasteiger partial charge in [-0.25, -0.2) is 0 Å². The second-order valence-corrected chi connectivity index (χ2v) is 5.81. The Morgan fingerprint density at radius 2 is 1.45 bits per heavy atom. The van der Waals surface area contributed by atoms with E-state index in [2.05, 4.69) is 12.2 Å². The van der Waals surface area contributed by atoms with Crippen LogP contribution in [0.1, 0.15) is 75.1 Å². The summed E-state index contributed by atoms with van der Waals surface area (Å²) in [6, 6.07) is 7.08. The third-order valence-electron chi connectivity index (χ3n) is 3.89. The van der Waals surface area contributed by atoms with E-state index in [-0.39, 0.29) is 0 Å². The molecule has 122 valence electrons. The number of hydrogen-bond acceptors (Lipinski definition) is 3. The summed E-state index contributed by atoms with van der Waals surface area (Å²) in [6.45, 7) is 3.21. The maximum atomic E-state index is 11.2. The zero-order valence-electron chi connectivity index (χ0n) is 13.8. The average Bonchev–Trinajstić information content (AvgIpc) is 2.56. The molecule has 0 spiro atoms. The minimum atomic E-state index is -0.467. The second kappa shape index (κ2) is 12.0. The molecule has 0 fully saturated rings. The Bertz CT molecular complexity index is 426. The lowest BCUT2D eigenvalue weighted by Crippen LogP contribution is -2.03. The van der Waals surface area contributed by atoms with Crippen LogP contribution in [0.15, 0.2) is 24.3 Å². The van der Waals surface area contributed by atoms with Crippen LogP contribution in [-0.2, 0) is 4.79 Å². The first-order valence-corrected chi connectivity index (χ1v) is 8.61. The molecule has 0 saturated carbocycles. The van der Waals surface area contributed by atoms with Crippen molar-refractivity contribution in [2.45, 2.75) is 64.7 Å². The fraction of sp³-hybridized carbons (Fsp3) is 0.579. The number of hydrogen-bond donors (Lipinski definition) is 1. The number of nitrogens with one attached hydrogen (secondary N) is 1. The zero-order valence-corrected chi connectivity index (χ0v) is 13.8. The fourth-order valence-corrected chi connectivity index (χ4v) is 2.49. The van der Waals surface area contributed by atoms with Crippen LogP contribution in [0, 0.1) is 0 Å². The van der Waals surface area contributed by atoms with Crippen molar-refractivity contribution in [2.75, 3.05) is 11.9 Å². The van der Waals surface area contributed by atoms with Crippen LogP contribution < -0.4 is 5.32 Å². The zero-order chi connectivity index (χ0) is 16.0. The van der Waals surface area contributed by atoms with E-state index in [1.807, 2.05) is 12.1 Å². The van der Waals surface area contributed by atoms with Gasteiger partial charge in [0.05, 0.1) is 0 Å². The molecule has 1 aromatic rings. The molecular weight excluding hydrogens is 274 g/mol. The van der Waals surface area contributed by atoms with Crippen LogP contribution in [0.4, 0.5) is 5.69 Å². The van der Waals surface area contributed by atoms with E-state index in [0.29, 0.717) is 11.8 Å². The van der Waals surface area contributed by atoms with E-state index in [1.54, 1.807) is 12.1 Å². The van der Waals surface area contributed by atoms with Crippen LogP contribution in [0.2, 0.25) is 0 Å². The molecule has 0 bridgehead atoms. The summed E-state index contributed by atoms with van der Waals surface area (Å²) in [7, 11) is 0. The highest BCUT2D eigenvalue weighted by Crippen LogP contribution is 2.12. The normalized spacial score (nSPS) is 10.4. The van der Waals surface area contributed by atoms with Gasteiger partial charge in [-0.05, 0) is 30.7 Å². The van der Waals surface area contributed by atoms with Crippen molar-refractivity contribution in [3.63, 3.8) is 0 Å². The fourth-order valence-electron chi connectivity index (χ4n) is 2.49. The Kier molecular flexibility index (Phi) is 10.0. The molecule has 0 aliphatic rings. The largest absolute Gasteiger partial charge is 0.385 e. The van der Waals surface area contributed by atoms with Crippen molar-refractivity contribution in [3.05, 3.63) is 29.8 Å². The summed E-state index contributed by atoms with van der Waals surface area (Å²) in [5.41, 5.74) is 1.45. The van der Waals surface area contributed by atoms with Crippen molar-refractivity contribution in [1.82, 2.24) is 0 Å². The summed E-state index contributed by atoms with van der Waals surface area (Å²) in [6.07, 6.45) is 12.3. The predicted octanol–water partition coefficient (Wildman–Crippen LogP) is 5.01. The molecule has 0 amide bonds. The highest BCUT2D eigenvalue weighted by molar-refractivity contribution is 6.33. The lowest BCUT2D eigenvalue weighted by molar-refractivity contribution is -0.104. The Morgan fingerprint density at radius 3 is 2.00 bits per heavy atom. The summed E-state index contributed by atoms with van der Waals surface area (Å²) in [4.78, 5) is 21.6. The molecule has 0 aromatic heterocycles. The maximum Gasteiger partial charge on any atom is 0.225 e. The molecular formula is C19H29NO2. The Balaban J connectivity index is 2.03. The molecule has 22 heavy (non-hydrogen) atoms. The van der Waals surface area contributed by atoms with E-state index in [0.717, 1.165) is 12.2 Å². The summed E-state index contributed by atoms with van der Waals surface area (Å²) >= 11 is 0. The van der Waals surface area contributed by atoms with Crippen molar-refractivity contribution < 1.29 is 9.59 Å². The van der Waals surface area contributed by atoms with Gasteiger partial charge in [0, 0.05) is 17.8 Å². The van der Waals surface area contributed by atoms with E-state index in [9.17, 15) is 9.59 Å². The number of ketones is 1. The first kappa shape index (κ1) is 18.4. The van der Waals surface area contributed by atoms with Gasteiger partial charge >= 0.3 is 0 Å². The minimum absolute atomic E-state index is 0.352. The lowest BCUT2D eigenvalue weighted by Gasteiger charge is -2.07. The van der Waals surface area contributed by atoms with Crippen molar-refractivity contribution in [1.29, 1.82) is 0 Å². The Morgan fingerprint density at radius 1 is 0.909 bits per heavy atom. The van der Waals surface area contributed by atoms with Gasteiger partial charge in [0.15, 0.2) is 6.29 Å². The number of unbranched alkanes of at least 4 members (excludes halogenated alkanes) is 8. The number of aldehydes is 1. The Hall–Kier alpha value is -1.64. The highest BCUT2D eigenvalue weighted by atomic mass is 16.2. The summed E-state index contributed by atoms with van der Waals surface area (Å²) in [5.74, 6) is -0.467. The van der Waals surface area contributed by atoms with Gasteiger partial charge in [0.2, 0.25) is 5.78 Å². The quantitative estimate of drug-likeness (QED) is 0.241. The van der Waals surface area contributed by atoms with Crippen LogP contribution in [-0.4, -0.2) is 18.6 Å². The van der Waals surface area contributed by atoms with Crippen LogP contribution in [0.25, 0.3) is 0 Å². The topological polar surface area (TPSA) is 46.2 Å². The minimum Gasteiger partial charge on any atom is -0.385 e. The smallest absolute Gasteiger partial charge is 0.225 e. The standard InChI is InChI=1S/C19H29NO2/c1-2-3-4-5-6-7-8-9-10-15-20-18-13-11-17(12-14-18)19(22)16-21/h11-14,16,20H,2-10,15H2,1H3. The molecule has 1 rings (SSSR count). The van der Waals surface area contributed by atoms with Gasteiger partial charge in [-0.3, -0.25) is 9.59 Å². The van der Waals surface area contributed by atoms with Gasteiger partial charge in [-0.15, -0.1) is 0 Å². The maximum absolute atomic E-state index is 11.2. The molecule has 1 aromatic carbocycles. The lowest BCUT2D eigenvalue weighted by atomic mass is 10.1. The molecule has 1 N–H and O–H groups in total. The number of benzene rings is 1. The number of Topliss-reactive ketones (excluding diaryl/α,β-unsaturated/α-hetero) is 1. The van der Waals surface area contributed by atoms with Crippen LogP contribution in [0.3, 0.4) is 0 Å². The first-order valence-electron chi connectivity index (χ1n) is 8.61. The Labute approximate surface area is 134 Å². The molecule has 0 aliphatic carbocycles. The van der Waals surface area contributed by atoms with E-state index in [4.69, 9.17) is 0 Å². The van der Waals surface area contributed by atoms with Gasteiger partial charge in [-0.2, -0.15) is 0 Å². The summed E-state index contributed by atoms with van der Waals surface area (Å²) in [5, 5.41) is 3.35. The van der Waals surface area contributed by atoms with Gasteiger partial charge in [-0.1, -0.05) is 58.3 Å². The van der Waals surface area contributed by atoms with E-state index >= 15 is 0 Å². The second-order valence-electron chi connectivity index (χ2n) is 5.81. The third-order valence-corrected chi connectivity index (χ3v) is 3.89. The van der Waals surface area contributed by atoms with Crippen LogP contribution >= 0.6 is 0 Å². The van der Waals surface area contributed by atoms with Crippen molar-refractivity contribution in [2.24, 2.45) is 0 Å². The van der Waals surface area contributed by atoms with Gasteiger partial charge < -0.3 is 5.32 Å². The predicted molar refractivity (Wildman–Crippen MR) is 92.6 cm³/mol. The number of anilines is 1. The SMILES string of the molecule is CCCCCCCCCCCNc1ccc(C(=O)C=O)cc1. The number of rotatable bonds is 13. The highest BCUT2D eigenvalue weighted by Gasteiger charge is 2.02. The van der Waals surface area contributed by atoms with E-state index < -0.39 is 5.78 Å². The number of carbonyl (C=O) groups is 2. The molecule has 0 aliphatic heterocycles. The molecule has 0 unspecified atom stereocenters. The van der Waals surface area contributed by atoms with Gasteiger partial charge in [0.25, 0.3) is 0 Å². The van der Waals surface area contributed by atoms with Crippen molar-refractivity contribution in [3.8, 4) is 0 Å². The summed E-state index contributed by atoms with van der Waals surface area (Å²) < 4.78 is 0. The molecule has 0 atom stereocenters. The molecule has 0 saturated heterocycles. The first-order chi connectivity index (χ1) is 10.8. The van der Waals surface area contributed by atoms with Gasteiger partial charge in [0.1, 0.15) is 0 Å².